The van der Waals surface area contributed by atoms with Crippen molar-refractivity contribution in [3.63, 3.8) is 0 Å². The second kappa shape index (κ2) is 7.46. The Morgan fingerprint density at radius 3 is 2.17 bits per heavy atom. The van der Waals surface area contributed by atoms with Gasteiger partial charge >= 0.3 is 0 Å². The van der Waals surface area contributed by atoms with Gasteiger partial charge in [0.1, 0.15) is 5.82 Å². The molecule has 1 saturated carbocycles. The first-order valence-corrected chi connectivity index (χ1v) is 6.34. The standard InChI is InChI=1S/C9H11FO.C5H10O2/c10-9-6-2-1-4-8(9)5-3-7-11;6-5(7)3-1-2-4-5/h1-2,4,6,11H,3,5,7H2;6-7H,1-4H2. The molecule has 1 fully saturated rings. The maximum atomic E-state index is 12.8. The minimum atomic E-state index is -1.31. The zero-order valence-electron chi connectivity index (χ0n) is 10.5. The van der Waals surface area contributed by atoms with E-state index in [1.165, 1.54) is 6.07 Å². The van der Waals surface area contributed by atoms with Gasteiger partial charge in [-0.25, -0.2) is 4.39 Å². The molecule has 0 spiro atoms. The summed E-state index contributed by atoms with van der Waals surface area (Å²) >= 11 is 0. The lowest BCUT2D eigenvalue weighted by molar-refractivity contribution is -0.152. The van der Waals surface area contributed by atoms with Gasteiger partial charge in [0.25, 0.3) is 0 Å². The monoisotopic (exact) mass is 256 g/mol. The van der Waals surface area contributed by atoms with E-state index >= 15 is 0 Å². The lowest BCUT2D eigenvalue weighted by Crippen LogP contribution is -2.21. The van der Waals surface area contributed by atoms with E-state index in [1.54, 1.807) is 18.2 Å². The SMILES string of the molecule is OC1(O)CCCC1.OCCCc1ccccc1F. The number of rotatable bonds is 3. The van der Waals surface area contributed by atoms with E-state index in [-0.39, 0.29) is 12.4 Å². The summed E-state index contributed by atoms with van der Waals surface area (Å²) in [7, 11) is 0. The number of benzene rings is 1. The summed E-state index contributed by atoms with van der Waals surface area (Å²) in [5.74, 6) is -1.49. The van der Waals surface area contributed by atoms with Gasteiger partial charge in [-0.05, 0) is 37.3 Å². The van der Waals surface area contributed by atoms with Crippen LogP contribution in [0.5, 0.6) is 0 Å². The Morgan fingerprint density at radius 2 is 1.72 bits per heavy atom. The van der Waals surface area contributed by atoms with Crippen molar-refractivity contribution in [3.05, 3.63) is 35.6 Å². The molecule has 0 aliphatic heterocycles. The highest BCUT2D eigenvalue weighted by molar-refractivity contribution is 5.17. The summed E-state index contributed by atoms with van der Waals surface area (Å²) in [4.78, 5) is 0. The van der Waals surface area contributed by atoms with E-state index in [0.717, 1.165) is 12.8 Å². The van der Waals surface area contributed by atoms with Crippen LogP contribution in [0.3, 0.4) is 0 Å². The first kappa shape index (κ1) is 15.1. The first-order chi connectivity index (χ1) is 8.55. The highest BCUT2D eigenvalue weighted by Crippen LogP contribution is 2.25. The van der Waals surface area contributed by atoms with Crippen molar-refractivity contribution in [1.82, 2.24) is 0 Å². The molecule has 102 valence electrons. The fourth-order valence-corrected chi connectivity index (χ4v) is 1.91. The number of aliphatic hydroxyl groups is 3. The van der Waals surface area contributed by atoms with Gasteiger partial charge in [0.2, 0.25) is 0 Å². The third kappa shape index (κ3) is 5.58. The average molecular weight is 256 g/mol. The Bertz CT molecular complexity index is 345. The Morgan fingerprint density at radius 1 is 1.11 bits per heavy atom. The van der Waals surface area contributed by atoms with Crippen molar-refractivity contribution in [2.75, 3.05) is 6.61 Å². The summed E-state index contributed by atoms with van der Waals surface area (Å²) in [6.45, 7) is 0.119. The Hall–Kier alpha value is -0.970. The van der Waals surface area contributed by atoms with E-state index in [0.29, 0.717) is 31.2 Å². The molecular weight excluding hydrogens is 235 g/mol. The van der Waals surface area contributed by atoms with Crippen LogP contribution in [0, 0.1) is 5.82 Å². The van der Waals surface area contributed by atoms with E-state index in [1.807, 2.05) is 0 Å². The van der Waals surface area contributed by atoms with Crippen LogP contribution in [-0.4, -0.2) is 27.7 Å². The molecule has 0 atom stereocenters. The van der Waals surface area contributed by atoms with Gasteiger partial charge in [-0.15, -0.1) is 0 Å². The van der Waals surface area contributed by atoms with Crippen molar-refractivity contribution in [3.8, 4) is 0 Å². The second-order valence-corrected chi connectivity index (χ2v) is 4.61. The lowest BCUT2D eigenvalue weighted by Gasteiger charge is -2.11. The Labute approximate surface area is 107 Å². The van der Waals surface area contributed by atoms with E-state index in [4.69, 9.17) is 15.3 Å². The quantitative estimate of drug-likeness (QED) is 0.725. The third-order valence-electron chi connectivity index (χ3n) is 2.97. The highest BCUT2D eigenvalue weighted by Gasteiger charge is 2.26. The largest absolute Gasteiger partial charge is 0.396 e. The maximum absolute atomic E-state index is 12.8. The molecule has 18 heavy (non-hydrogen) atoms. The number of hydrogen-bond acceptors (Lipinski definition) is 3. The van der Waals surface area contributed by atoms with Crippen molar-refractivity contribution in [2.45, 2.75) is 44.3 Å². The molecular formula is C14H21FO3. The zero-order chi connectivity index (χ0) is 13.4. The second-order valence-electron chi connectivity index (χ2n) is 4.61. The van der Waals surface area contributed by atoms with Crippen molar-refractivity contribution in [2.24, 2.45) is 0 Å². The Balaban J connectivity index is 0.000000199. The van der Waals surface area contributed by atoms with Crippen LogP contribution in [0.1, 0.15) is 37.7 Å². The van der Waals surface area contributed by atoms with E-state index in [2.05, 4.69) is 0 Å². The highest BCUT2D eigenvalue weighted by atomic mass is 19.1. The minimum Gasteiger partial charge on any atom is -0.396 e. The summed E-state index contributed by atoms with van der Waals surface area (Å²) in [6.07, 6.45) is 4.30. The molecule has 0 unspecified atom stereocenters. The number of hydrogen-bond donors (Lipinski definition) is 3. The van der Waals surface area contributed by atoms with Gasteiger partial charge in [-0.1, -0.05) is 18.2 Å². The maximum Gasteiger partial charge on any atom is 0.162 e. The smallest absolute Gasteiger partial charge is 0.162 e. The van der Waals surface area contributed by atoms with Crippen LogP contribution in [0.4, 0.5) is 4.39 Å². The molecule has 1 aromatic carbocycles. The zero-order valence-corrected chi connectivity index (χ0v) is 10.5. The molecule has 3 N–H and O–H groups in total. The summed E-state index contributed by atoms with van der Waals surface area (Å²) in [5.41, 5.74) is 0.682. The molecule has 1 aliphatic carbocycles. The number of halogens is 1. The summed E-state index contributed by atoms with van der Waals surface area (Å²) < 4.78 is 12.8. The van der Waals surface area contributed by atoms with E-state index in [9.17, 15) is 4.39 Å². The van der Waals surface area contributed by atoms with E-state index < -0.39 is 5.79 Å². The number of aliphatic hydroxyl groups excluding tert-OH is 1. The predicted molar refractivity (Wildman–Crippen MR) is 67.4 cm³/mol. The molecule has 0 heterocycles. The van der Waals surface area contributed by atoms with Crippen LogP contribution in [0.25, 0.3) is 0 Å². The molecule has 0 radical (unpaired) electrons. The van der Waals surface area contributed by atoms with Gasteiger partial charge in [-0.2, -0.15) is 0 Å². The molecule has 1 aromatic rings. The van der Waals surface area contributed by atoms with Gasteiger partial charge in [-0.3, -0.25) is 0 Å². The minimum absolute atomic E-state index is 0.119. The topological polar surface area (TPSA) is 60.7 Å². The lowest BCUT2D eigenvalue weighted by atomic mass is 10.1. The van der Waals surface area contributed by atoms with Crippen LogP contribution >= 0.6 is 0 Å². The van der Waals surface area contributed by atoms with Gasteiger partial charge in [0.15, 0.2) is 5.79 Å². The molecule has 0 aromatic heterocycles. The predicted octanol–water partition coefficient (Wildman–Crippen LogP) is 1.99. The van der Waals surface area contributed by atoms with Crippen LogP contribution in [0.15, 0.2) is 24.3 Å². The molecule has 1 aliphatic rings. The molecule has 0 amide bonds. The third-order valence-corrected chi connectivity index (χ3v) is 2.97. The fraction of sp³-hybridized carbons (Fsp3) is 0.571. The molecule has 3 nitrogen and oxygen atoms in total. The van der Waals surface area contributed by atoms with Crippen LogP contribution < -0.4 is 0 Å². The molecule has 4 heteroatoms. The average Bonchev–Trinajstić information content (AvgIpc) is 2.74. The van der Waals surface area contributed by atoms with Gasteiger partial charge < -0.3 is 15.3 Å². The summed E-state index contributed by atoms with van der Waals surface area (Å²) in [6, 6.07) is 6.64. The Kier molecular flexibility index (Phi) is 6.25. The molecule has 0 saturated heterocycles. The molecule has 2 rings (SSSR count). The summed E-state index contributed by atoms with van der Waals surface area (Å²) in [5, 5.41) is 26.0. The van der Waals surface area contributed by atoms with Crippen LogP contribution in [-0.2, 0) is 6.42 Å². The van der Waals surface area contributed by atoms with Gasteiger partial charge in [0.05, 0.1) is 0 Å². The molecule has 0 bridgehead atoms. The van der Waals surface area contributed by atoms with Crippen molar-refractivity contribution in [1.29, 1.82) is 0 Å². The van der Waals surface area contributed by atoms with Gasteiger partial charge in [0, 0.05) is 19.4 Å². The first-order valence-electron chi connectivity index (χ1n) is 6.34. The van der Waals surface area contributed by atoms with Crippen molar-refractivity contribution < 1.29 is 19.7 Å². The van der Waals surface area contributed by atoms with Crippen LogP contribution in [0.2, 0.25) is 0 Å². The number of aryl methyl sites for hydroxylation is 1. The normalized spacial score (nSPS) is 17.1. The van der Waals surface area contributed by atoms with Crippen molar-refractivity contribution >= 4 is 0 Å². The fourth-order valence-electron chi connectivity index (χ4n) is 1.91.